The molecule has 1 aliphatic rings. The third-order valence-electron chi connectivity index (χ3n) is 6.57. The molecule has 0 radical (unpaired) electrons. The Labute approximate surface area is 218 Å². The molecule has 0 unspecified atom stereocenters. The van der Waals surface area contributed by atoms with Crippen LogP contribution < -0.4 is 10.2 Å². The molecule has 3 heterocycles. The van der Waals surface area contributed by atoms with E-state index in [1.165, 1.54) is 43.9 Å². The Morgan fingerprint density at radius 1 is 1.14 bits per heavy atom. The molecule has 1 saturated carbocycles. The minimum Gasteiger partial charge on any atom is -0.455 e. The predicted molar refractivity (Wildman–Crippen MR) is 145 cm³/mol. The molecule has 0 spiro atoms. The fourth-order valence-electron chi connectivity index (χ4n) is 4.35. The van der Waals surface area contributed by atoms with Crippen molar-refractivity contribution in [3.05, 3.63) is 65.5 Å². The van der Waals surface area contributed by atoms with Gasteiger partial charge < -0.3 is 14.6 Å². The van der Waals surface area contributed by atoms with Gasteiger partial charge in [0.1, 0.15) is 11.6 Å². The number of pyridine rings is 1. The second kappa shape index (κ2) is 11.9. The number of nitrogens with zero attached hydrogens (tertiary/aromatic N) is 4. The zero-order valence-corrected chi connectivity index (χ0v) is 22.6. The predicted octanol–water partition coefficient (Wildman–Crippen LogP) is 5.80. The van der Waals surface area contributed by atoms with Crippen molar-refractivity contribution >= 4 is 23.5 Å². The van der Waals surface area contributed by atoms with Gasteiger partial charge >= 0.3 is 0 Å². The maximum Gasteiger partial charge on any atom is 0.287 e. The summed E-state index contributed by atoms with van der Waals surface area (Å²) in [5, 5.41) is 3.63. The summed E-state index contributed by atoms with van der Waals surface area (Å²) < 4.78 is 5.83. The number of carbonyl (C=O) groups is 1. The molecule has 8 heteroatoms. The molecule has 4 rings (SSSR count). The summed E-state index contributed by atoms with van der Waals surface area (Å²) in [7, 11) is 2.16. The largest absolute Gasteiger partial charge is 0.455 e. The molecule has 1 aliphatic carbocycles. The zero-order valence-electron chi connectivity index (χ0n) is 21.8. The minimum atomic E-state index is -0.218. The van der Waals surface area contributed by atoms with Crippen molar-refractivity contribution in [1.82, 2.24) is 20.3 Å². The number of amides is 1. The average Bonchev–Trinajstić information content (AvgIpc) is 3.37. The third kappa shape index (κ3) is 7.09. The topological polar surface area (TPSA) is 84.2 Å². The Morgan fingerprint density at radius 3 is 2.67 bits per heavy atom. The lowest BCUT2D eigenvalue weighted by molar-refractivity contribution is 0.0925. The molecule has 3 aromatic rings. The first-order valence-corrected chi connectivity index (χ1v) is 13.8. The maximum atomic E-state index is 12.5. The molecule has 0 aromatic carbocycles. The van der Waals surface area contributed by atoms with E-state index in [-0.39, 0.29) is 11.3 Å². The van der Waals surface area contributed by atoms with Crippen LogP contribution in [0.3, 0.4) is 0 Å². The second-order valence-corrected chi connectivity index (χ2v) is 11.4. The van der Waals surface area contributed by atoms with Crippen molar-refractivity contribution in [3.63, 3.8) is 0 Å². The van der Waals surface area contributed by atoms with Crippen molar-refractivity contribution < 1.29 is 9.21 Å². The number of furan rings is 1. The molecule has 36 heavy (non-hydrogen) atoms. The van der Waals surface area contributed by atoms with E-state index >= 15 is 0 Å². The highest BCUT2D eigenvalue weighted by molar-refractivity contribution is 7.98. The third-order valence-corrected chi connectivity index (χ3v) is 7.44. The van der Waals surface area contributed by atoms with Gasteiger partial charge in [0.2, 0.25) is 0 Å². The first-order chi connectivity index (χ1) is 17.3. The zero-order chi connectivity index (χ0) is 25.5. The molecule has 3 aromatic heterocycles. The quantitative estimate of drug-likeness (QED) is 0.290. The minimum absolute atomic E-state index is 0.0778. The van der Waals surface area contributed by atoms with Gasteiger partial charge in [-0.25, -0.2) is 9.97 Å². The number of anilines is 1. The molecule has 1 amide bonds. The van der Waals surface area contributed by atoms with Crippen LogP contribution in [0.5, 0.6) is 0 Å². The first kappa shape index (κ1) is 26.2. The lowest BCUT2D eigenvalue weighted by Gasteiger charge is -2.33. The molecular formula is C28H37N5O2S. The van der Waals surface area contributed by atoms with Gasteiger partial charge in [0, 0.05) is 49.4 Å². The Morgan fingerprint density at radius 2 is 1.94 bits per heavy atom. The number of rotatable bonds is 9. The van der Waals surface area contributed by atoms with Gasteiger partial charge in [0.05, 0.1) is 11.4 Å². The molecule has 1 fully saturated rings. The van der Waals surface area contributed by atoms with E-state index < -0.39 is 0 Å². The van der Waals surface area contributed by atoms with E-state index in [9.17, 15) is 4.79 Å². The van der Waals surface area contributed by atoms with Gasteiger partial charge in [0.15, 0.2) is 10.9 Å². The Bertz CT molecular complexity index is 1140. The number of aromatic nitrogens is 3. The molecule has 192 valence electrons. The molecule has 7 nitrogen and oxygen atoms in total. The second-order valence-electron chi connectivity index (χ2n) is 10.4. The van der Waals surface area contributed by atoms with Gasteiger partial charge in [-0.05, 0) is 37.1 Å². The number of carbonyl (C=O) groups excluding carboxylic acids is 1. The fourth-order valence-corrected chi connectivity index (χ4v) is 5.10. The van der Waals surface area contributed by atoms with Gasteiger partial charge in [-0.2, -0.15) is 0 Å². The monoisotopic (exact) mass is 507 g/mol. The summed E-state index contributed by atoms with van der Waals surface area (Å²) in [4.78, 5) is 28.9. The highest BCUT2D eigenvalue weighted by Gasteiger charge is 2.24. The van der Waals surface area contributed by atoms with Crippen LogP contribution in [0.2, 0.25) is 0 Å². The summed E-state index contributed by atoms with van der Waals surface area (Å²) in [6.07, 6.45) is 8.76. The smallest absolute Gasteiger partial charge is 0.287 e. The van der Waals surface area contributed by atoms with Gasteiger partial charge in [-0.1, -0.05) is 57.9 Å². The normalized spacial score (nSPS) is 14.6. The molecule has 0 aliphatic heterocycles. The summed E-state index contributed by atoms with van der Waals surface area (Å²) in [6, 6.07) is 12.0. The van der Waals surface area contributed by atoms with E-state index in [1.807, 2.05) is 24.3 Å². The van der Waals surface area contributed by atoms with Crippen LogP contribution in [-0.4, -0.2) is 40.5 Å². The van der Waals surface area contributed by atoms with Crippen molar-refractivity contribution in [2.24, 2.45) is 0 Å². The number of hydrogen-bond donors (Lipinski definition) is 1. The fraction of sp³-hybridized carbons (Fsp3) is 0.500. The van der Waals surface area contributed by atoms with Crippen LogP contribution in [-0.2, 0) is 17.6 Å². The van der Waals surface area contributed by atoms with E-state index in [0.717, 1.165) is 28.1 Å². The van der Waals surface area contributed by atoms with E-state index in [1.54, 1.807) is 12.3 Å². The highest BCUT2D eigenvalue weighted by Crippen LogP contribution is 2.31. The van der Waals surface area contributed by atoms with Gasteiger partial charge in [-0.15, -0.1) is 0 Å². The standard InChI is InChI=1S/C28H37N5O2S/c1-28(2,3)24-18-25(33(4)21-11-6-5-7-12-21)32-27(31-24)36-19-22-13-14-23(35-22)26(34)30-17-15-20-10-8-9-16-29-20/h8-10,13-14,16,18,21H,5-7,11-12,15,17,19H2,1-4H3,(H,30,34). The van der Waals surface area contributed by atoms with Crippen LogP contribution in [0.25, 0.3) is 0 Å². The summed E-state index contributed by atoms with van der Waals surface area (Å²) in [5.74, 6) is 2.36. The molecule has 0 bridgehead atoms. The van der Waals surface area contributed by atoms with Crippen molar-refractivity contribution in [1.29, 1.82) is 0 Å². The Balaban J connectivity index is 1.38. The van der Waals surface area contributed by atoms with Crippen LogP contribution >= 0.6 is 11.8 Å². The number of nitrogens with one attached hydrogen (secondary N) is 1. The average molecular weight is 508 g/mol. The summed E-state index contributed by atoms with van der Waals surface area (Å²) in [5.41, 5.74) is 1.90. The summed E-state index contributed by atoms with van der Waals surface area (Å²) in [6.45, 7) is 7.05. The lowest BCUT2D eigenvalue weighted by atomic mass is 9.91. The van der Waals surface area contributed by atoms with Crippen LogP contribution in [0.15, 0.2) is 52.2 Å². The molecule has 0 atom stereocenters. The molecule has 0 saturated heterocycles. The maximum absolute atomic E-state index is 12.5. The van der Waals surface area contributed by atoms with E-state index in [0.29, 0.717) is 30.5 Å². The van der Waals surface area contributed by atoms with E-state index in [4.69, 9.17) is 14.4 Å². The van der Waals surface area contributed by atoms with Gasteiger partial charge in [0.25, 0.3) is 5.91 Å². The SMILES string of the molecule is CN(c1cc(C(C)(C)C)nc(SCc2ccc(C(=O)NCCc3ccccn3)o2)n1)C1CCCCC1. The van der Waals surface area contributed by atoms with Gasteiger partial charge in [-0.3, -0.25) is 9.78 Å². The lowest BCUT2D eigenvalue weighted by Crippen LogP contribution is -2.34. The van der Waals surface area contributed by atoms with Crippen molar-refractivity contribution in [2.45, 2.75) is 81.7 Å². The van der Waals surface area contributed by atoms with Crippen molar-refractivity contribution in [3.8, 4) is 0 Å². The number of hydrogen-bond acceptors (Lipinski definition) is 7. The highest BCUT2D eigenvalue weighted by atomic mass is 32.2. The molecular weight excluding hydrogens is 470 g/mol. The molecule has 1 N–H and O–H groups in total. The van der Waals surface area contributed by atoms with Crippen LogP contribution in [0.4, 0.5) is 5.82 Å². The first-order valence-electron chi connectivity index (χ1n) is 12.8. The Kier molecular flexibility index (Phi) is 8.67. The van der Waals surface area contributed by atoms with Crippen molar-refractivity contribution in [2.75, 3.05) is 18.5 Å². The summed E-state index contributed by atoms with van der Waals surface area (Å²) >= 11 is 1.54. The van der Waals surface area contributed by atoms with Crippen LogP contribution in [0, 0.1) is 0 Å². The Hall–Kier alpha value is -2.87. The number of thioether (sulfide) groups is 1. The van der Waals surface area contributed by atoms with E-state index in [2.05, 4.69) is 49.1 Å². The van der Waals surface area contributed by atoms with Crippen LogP contribution in [0.1, 0.15) is 80.6 Å².